The molecule has 0 spiro atoms. The Kier molecular flexibility index (Phi) is 6.54. The predicted octanol–water partition coefficient (Wildman–Crippen LogP) is 4.92. The minimum absolute atomic E-state index is 0.0188. The van der Waals surface area contributed by atoms with Crippen LogP contribution in [0.2, 0.25) is 0 Å². The maximum absolute atomic E-state index is 12.4. The number of furan rings is 1. The van der Waals surface area contributed by atoms with Crippen LogP contribution >= 0.6 is 12.8 Å². The Balaban J connectivity index is 1.58. The minimum atomic E-state index is -0.696. The van der Waals surface area contributed by atoms with E-state index in [4.69, 9.17) is 9.15 Å². The number of nitrogens with zero attached hydrogens (tertiary/aromatic N) is 2. The maximum Gasteiger partial charge on any atom is 0.339 e. The van der Waals surface area contributed by atoms with Crippen molar-refractivity contribution in [1.82, 2.24) is 9.29 Å². The predicted molar refractivity (Wildman–Crippen MR) is 110 cm³/mol. The van der Waals surface area contributed by atoms with Crippen molar-refractivity contribution in [1.29, 1.82) is 0 Å². The zero-order valence-electron chi connectivity index (χ0n) is 15.4. The molecule has 0 saturated heterocycles. The number of urea groups is 1. The number of carbonyl (C=O) groups is 2. The van der Waals surface area contributed by atoms with Gasteiger partial charge in [0.25, 0.3) is 0 Å². The van der Waals surface area contributed by atoms with Crippen molar-refractivity contribution in [3.63, 3.8) is 0 Å². The number of ether oxygens (including phenoxy) is 1. The summed E-state index contributed by atoms with van der Waals surface area (Å²) in [5.41, 5.74) is 0.839. The molecule has 0 aliphatic heterocycles. The number of benzene rings is 1. The molecule has 7 nitrogen and oxygen atoms in total. The number of pyridine rings is 1. The van der Waals surface area contributed by atoms with Crippen LogP contribution in [0.25, 0.3) is 11.1 Å². The molecule has 2 heterocycles. The molecule has 0 saturated carbocycles. The second-order valence-electron chi connectivity index (χ2n) is 6.14. The fourth-order valence-corrected chi connectivity index (χ4v) is 2.68. The highest BCUT2D eigenvalue weighted by Gasteiger charge is 2.23. The number of rotatable bonds is 7. The number of hydrogen-bond acceptors (Lipinski definition) is 6. The van der Waals surface area contributed by atoms with Crippen LogP contribution in [-0.4, -0.2) is 27.8 Å². The number of anilines is 1. The molecule has 146 valence electrons. The zero-order chi connectivity index (χ0) is 19.9. The number of imide groups is 1. The monoisotopic (exact) mass is 399 g/mol. The molecule has 28 heavy (non-hydrogen) atoms. The minimum Gasteiger partial charge on any atom is -0.494 e. The van der Waals surface area contributed by atoms with E-state index < -0.39 is 11.9 Å². The van der Waals surface area contributed by atoms with Crippen LogP contribution in [0.3, 0.4) is 0 Å². The van der Waals surface area contributed by atoms with Gasteiger partial charge in [-0.05, 0) is 48.9 Å². The SMILES string of the molecule is CCCCCOc1ccc(NC(=O)N(S)C(=O)c2cc3cccnc3o2)cc1. The van der Waals surface area contributed by atoms with E-state index in [0.29, 0.717) is 27.7 Å². The lowest BCUT2D eigenvalue weighted by Gasteiger charge is -2.14. The Labute approximate surface area is 168 Å². The quantitative estimate of drug-likeness (QED) is 0.435. The second kappa shape index (κ2) is 9.27. The third-order valence-electron chi connectivity index (χ3n) is 4.01. The van der Waals surface area contributed by atoms with Crippen LogP contribution in [-0.2, 0) is 0 Å². The first-order chi connectivity index (χ1) is 13.6. The normalized spacial score (nSPS) is 10.6. The van der Waals surface area contributed by atoms with Crippen molar-refractivity contribution in [2.24, 2.45) is 0 Å². The summed E-state index contributed by atoms with van der Waals surface area (Å²) >= 11 is 4.00. The molecule has 0 bridgehead atoms. The van der Waals surface area contributed by atoms with E-state index in [0.717, 1.165) is 25.0 Å². The van der Waals surface area contributed by atoms with Crippen LogP contribution in [0, 0.1) is 0 Å². The summed E-state index contributed by atoms with van der Waals surface area (Å²) in [5.74, 6) is 0.0204. The van der Waals surface area contributed by atoms with E-state index in [9.17, 15) is 9.59 Å². The third-order valence-corrected chi connectivity index (χ3v) is 4.37. The van der Waals surface area contributed by atoms with Crippen molar-refractivity contribution in [2.45, 2.75) is 26.2 Å². The summed E-state index contributed by atoms with van der Waals surface area (Å²) < 4.78 is 11.7. The smallest absolute Gasteiger partial charge is 0.339 e. The number of fused-ring (bicyclic) bond motifs is 1. The topological polar surface area (TPSA) is 84.7 Å². The first kappa shape index (κ1) is 19.8. The van der Waals surface area contributed by atoms with Gasteiger partial charge in [-0.2, -0.15) is 0 Å². The molecule has 1 N–H and O–H groups in total. The average molecular weight is 399 g/mol. The number of unbranched alkanes of at least 4 members (excludes halogenated alkanes) is 2. The maximum atomic E-state index is 12.4. The van der Waals surface area contributed by atoms with Crippen molar-refractivity contribution in [2.75, 3.05) is 11.9 Å². The molecular formula is C20H21N3O4S. The highest BCUT2D eigenvalue weighted by atomic mass is 32.1. The summed E-state index contributed by atoms with van der Waals surface area (Å²) in [6, 6.07) is 11.2. The van der Waals surface area contributed by atoms with E-state index in [-0.39, 0.29) is 5.76 Å². The molecule has 0 aliphatic rings. The van der Waals surface area contributed by atoms with Gasteiger partial charge in [0.15, 0.2) is 5.76 Å². The molecule has 3 aromatic rings. The van der Waals surface area contributed by atoms with Crippen molar-refractivity contribution < 1.29 is 18.7 Å². The molecule has 0 unspecified atom stereocenters. The molecule has 0 radical (unpaired) electrons. The Bertz CT molecular complexity index is 922. The van der Waals surface area contributed by atoms with Crippen LogP contribution < -0.4 is 10.1 Å². The van der Waals surface area contributed by atoms with Crippen molar-refractivity contribution in [3.8, 4) is 5.75 Å². The zero-order valence-corrected chi connectivity index (χ0v) is 16.3. The molecule has 0 atom stereocenters. The summed E-state index contributed by atoms with van der Waals surface area (Å²) in [7, 11) is 0. The van der Waals surface area contributed by atoms with Gasteiger partial charge < -0.3 is 14.5 Å². The average Bonchev–Trinajstić information content (AvgIpc) is 3.15. The van der Waals surface area contributed by atoms with Gasteiger partial charge in [-0.3, -0.25) is 4.79 Å². The summed E-state index contributed by atoms with van der Waals surface area (Å²) in [4.78, 5) is 28.7. The number of carbonyl (C=O) groups excluding carboxylic acids is 2. The summed E-state index contributed by atoms with van der Waals surface area (Å²) in [6.07, 6.45) is 4.82. The number of hydrogen-bond donors (Lipinski definition) is 2. The van der Waals surface area contributed by atoms with Gasteiger partial charge >= 0.3 is 11.9 Å². The van der Waals surface area contributed by atoms with Gasteiger partial charge in [-0.1, -0.05) is 32.6 Å². The third kappa shape index (κ3) is 4.83. The van der Waals surface area contributed by atoms with Gasteiger partial charge in [0.2, 0.25) is 5.71 Å². The van der Waals surface area contributed by atoms with E-state index in [1.165, 1.54) is 6.07 Å². The highest BCUT2D eigenvalue weighted by molar-refractivity contribution is 7.79. The van der Waals surface area contributed by atoms with Crippen LogP contribution in [0.1, 0.15) is 36.7 Å². The summed E-state index contributed by atoms with van der Waals surface area (Å²) in [5, 5.41) is 3.28. The van der Waals surface area contributed by atoms with Gasteiger partial charge in [-0.25, -0.2) is 14.1 Å². The molecule has 0 aliphatic carbocycles. The second-order valence-corrected chi connectivity index (χ2v) is 6.54. The first-order valence-electron chi connectivity index (χ1n) is 9.00. The van der Waals surface area contributed by atoms with Gasteiger partial charge in [-0.15, -0.1) is 0 Å². The Morgan fingerprint density at radius 2 is 2.00 bits per heavy atom. The molecule has 1 aromatic carbocycles. The van der Waals surface area contributed by atoms with E-state index >= 15 is 0 Å². The number of thiol groups is 1. The number of aromatic nitrogens is 1. The van der Waals surface area contributed by atoms with E-state index in [2.05, 4.69) is 30.0 Å². The van der Waals surface area contributed by atoms with Crippen LogP contribution in [0.4, 0.5) is 10.5 Å². The molecule has 2 aromatic heterocycles. The largest absolute Gasteiger partial charge is 0.494 e. The highest BCUT2D eigenvalue weighted by Crippen LogP contribution is 2.20. The van der Waals surface area contributed by atoms with Gasteiger partial charge in [0, 0.05) is 17.3 Å². The Hall–Kier alpha value is -3.00. The van der Waals surface area contributed by atoms with E-state index in [1.54, 1.807) is 42.6 Å². The Morgan fingerprint density at radius 3 is 2.71 bits per heavy atom. The molecule has 3 amide bonds. The molecular weight excluding hydrogens is 378 g/mol. The molecule has 8 heteroatoms. The van der Waals surface area contributed by atoms with Crippen LogP contribution in [0.5, 0.6) is 5.75 Å². The van der Waals surface area contributed by atoms with Gasteiger partial charge in [0.05, 0.1) is 6.61 Å². The van der Waals surface area contributed by atoms with Crippen molar-refractivity contribution >= 4 is 41.5 Å². The Morgan fingerprint density at radius 1 is 1.21 bits per heavy atom. The van der Waals surface area contributed by atoms with Crippen LogP contribution in [0.15, 0.2) is 53.1 Å². The first-order valence-corrected chi connectivity index (χ1v) is 9.40. The fraction of sp³-hybridized carbons (Fsp3) is 0.250. The lowest BCUT2D eigenvalue weighted by atomic mass is 10.2. The molecule has 3 rings (SSSR count). The lowest BCUT2D eigenvalue weighted by Crippen LogP contribution is -2.32. The lowest BCUT2D eigenvalue weighted by molar-refractivity contribution is 0.0874. The number of amides is 3. The standard InChI is InChI=1S/C20H21N3O4S/c1-2-3-4-12-26-16-9-7-15(8-10-16)22-20(25)23(28)19(24)17-13-14-6-5-11-21-18(14)27-17/h5-11,13,28H,2-4,12H2,1H3,(H,22,25). The molecule has 0 fully saturated rings. The van der Waals surface area contributed by atoms with E-state index in [1.807, 2.05) is 0 Å². The van der Waals surface area contributed by atoms with Crippen molar-refractivity contribution in [3.05, 3.63) is 54.4 Å². The van der Waals surface area contributed by atoms with Gasteiger partial charge in [0.1, 0.15) is 5.75 Å². The summed E-state index contributed by atoms with van der Waals surface area (Å²) in [6.45, 7) is 2.79. The number of nitrogens with one attached hydrogen (secondary N) is 1. The fourth-order valence-electron chi connectivity index (χ4n) is 2.53.